The fourth-order valence-electron chi connectivity index (χ4n) is 3.31. The second-order valence-corrected chi connectivity index (χ2v) is 6.44. The van der Waals surface area contributed by atoms with Crippen molar-refractivity contribution in [3.63, 3.8) is 0 Å². The average molecular weight is 369 g/mol. The maximum absolute atomic E-state index is 13.5. The zero-order valence-corrected chi connectivity index (χ0v) is 13.6. The molecule has 1 saturated carbocycles. The van der Waals surface area contributed by atoms with Crippen LogP contribution in [0.4, 0.5) is 32.0 Å². The normalized spacial score (nSPS) is 17.7. The van der Waals surface area contributed by atoms with Gasteiger partial charge in [0, 0.05) is 17.9 Å². The molecule has 142 valence electrons. The zero-order valence-electron chi connectivity index (χ0n) is 13.6. The number of halogens is 6. The summed E-state index contributed by atoms with van der Waals surface area (Å²) in [5, 5.41) is 0. The van der Waals surface area contributed by atoms with Gasteiger partial charge in [0.2, 0.25) is 0 Å². The molecule has 2 rings (SSSR count). The molecule has 0 atom stereocenters. The number of hydrogen-bond donors (Lipinski definition) is 1. The molecule has 1 aromatic carbocycles. The van der Waals surface area contributed by atoms with Crippen LogP contribution < -0.4 is 5.73 Å². The molecule has 0 aliphatic heterocycles. The van der Waals surface area contributed by atoms with Crippen molar-refractivity contribution in [1.29, 1.82) is 0 Å². The fraction of sp³-hybridized carbons (Fsp3) is 0.647. The van der Waals surface area contributed by atoms with Crippen molar-refractivity contribution in [1.82, 2.24) is 0 Å². The molecule has 0 amide bonds. The summed E-state index contributed by atoms with van der Waals surface area (Å²) in [6, 6.07) is 3.45. The van der Waals surface area contributed by atoms with Crippen LogP contribution in [0, 0.1) is 5.92 Å². The Morgan fingerprint density at radius 3 is 1.88 bits per heavy atom. The van der Waals surface area contributed by atoms with E-state index in [1.165, 1.54) is 0 Å². The second-order valence-electron chi connectivity index (χ2n) is 6.44. The van der Waals surface area contributed by atoms with Crippen LogP contribution in [0.5, 0.6) is 0 Å². The molecule has 1 fully saturated rings. The summed E-state index contributed by atoms with van der Waals surface area (Å²) < 4.78 is 85.9. The number of nitrogen functional groups attached to an aromatic ring is 1. The molecule has 0 aromatic heterocycles. The van der Waals surface area contributed by atoms with E-state index < -0.39 is 30.1 Å². The smallest absolute Gasteiger partial charge is 0.399 e. The van der Waals surface area contributed by atoms with Gasteiger partial charge in [0.05, 0.1) is 0 Å². The lowest BCUT2D eigenvalue weighted by Gasteiger charge is -2.38. The highest BCUT2D eigenvalue weighted by molar-refractivity contribution is 5.42. The number of anilines is 1. The van der Waals surface area contributed by atoms with Gasteiger partial charge >= 0.3 is 12.4 Å². The standard InChI is InChI=1S/C17H21F6NO/c18-16(19,20)15(17(21,22)23,13-6-8-14(24)9-7-13)25-11-10-12-4-2-1-3-5-12/h6-9,12H,1-5,10-11,24H2. The van der Waals surface area contributed by atoms with Crippen molar-refractivity contribution in [2.24, 2.45) is 5.92 Å². The summed E-state index contributed by atoms with van der Waals surface area (Å²) in [5.74, 6) is 0.110. The van der Waals surface area contributed by atoms with Crippen LogP contribution in [0.2, 0.25) is 0 Å². The van der Waals surface area contributed by atoms with E-state index in [4.69, 9.17) is 5.73 Å². The van der Waals surface area contributed by atoms with Crippen LogP contribution in [-0.4, -0.2) is 19.0 Å². The van der Waals surface area contributed by atoms with E-state index in [9.17, 15) is 26.3 Å². The summed E-state index contributed by atoms with van der Waals surface area (Å²) in [5.41, 5.74) is 0.102. The first-order valence-electron chi connectivity index (χ1n) is 8.21. The van der Waals surface area contributed by atoms with Gasteiger partial charge in [-0.05, 0) is 24.5 Å². The number of ether oxygens (including phenoxy) is 1. The number of benzene rings is 1. The van der Waals surface area contributed by atoms with Gasteiger partial charge in [-0.25, -0.2) is 0 Å². The van der Waals surface area contributed by atoms with Crippen molar-refractivity contribution in [2.75, 3.05) is 12.3 Å². The number of hydrogen-bond acceptors (Lipinski definition) is 2. The Morgan fingerprint density at radius 2 is 1.40 bits per heavy atom. The Labute approximate surface area is 142 Å². The Bertz CT molecular complexity index is 532. The molecule has 0 saturated heterocycles. The summed E-state index contributed by atoms with van der Waals surface area (Å²) in [6.45, 7) is -0.603. The molecule has 0 radical (unpaired) electrons. The molecule has 2 N–H and O–H groups in total. The quantitative estimate of drug-likeness (QED) is 0.544. The maximum atomic E-state index is 13.5. The Hall–Kier alpha value is -1.44. The number of rotatable bonds is 5. The Morgan fingerprint density at radius 1 is 0.880 bits per heavy atom. The van der Waals surface area contributed by atoms with Gasteiger partial charge in [0.1, 0.15) is 0 Å². The largest absolute Gasteiger partial charge is 0.430 e. The van der Waals surface area contributed by atoms with E-state index >= 15 is 0 Å². The van der Waals surface area contributed by atoms with Crippen molar-refractivity contribution < 1.29 is 31.1 Å². The van der Waals surface area contributed by atoms with Crippen molar-refractivity contribution in [3.05, 3.63) is 29.8 Å². The Balaban J connectivity index is 2.28. The Kier molecular flexibility index (Phi) is 5.91. The highest BCUT2D eigenvalue weighted by atomic mass is 19.4. The molecule has 0 bridgehead atoms. The van der Waals surface area contributed by atoms with Gasteiger partial charge in [-0.15, -0.1) is 0 Å². The van der Waals surface area contributed by atoms with Gasteiger partial charge in [-0.3, -0.25) is 0 Å². The predicted molar refractivity (Wildman–Crippen MR) is 81.8 cm³/mol. The molecule has 25 heavy (non-hydrogen) atoms. The van der Waals surface area contributed by atoms with E-state index in [-0.39, 0.29) is 18.0 Å². The van der Waals surface area contributed by atoms with Crippen LogP contribution in [0.3, 0.4) is 0 Å². The third kappa shape index (κ3) is 4.22. The van der Waals surface area contributed by atoms with E-state index in [1.54, 1.807) is 0 Å². The van der Waals surface area contributed by atoms with Gasteiger partial charge in [-0.1, -0.05) is 44.2 Å². The molecule has 8 heteroatoms. The van der Waals surface area contributed by atoms with Crippen LogP contribution >= 0.6 is 0 Å². The molecular formula is C17H21F6NO. The topological polar surface area (TPSA) is 35.2 Å². The maximum Gasteiger partial charge on any atom is 0.430 e. The van der Waals surface area contributed by atoms with Gasteiger partial charge < -0.3 is 10.5 Å². The van der Waals surface area contributed by atoms with Crippen molar-refractivity contribution in [3.8, 4) is 0 Å². The zero-order chi connectivity index (χ0) is 18.7. The van der Waals surface area contributed by atoms with Gasteiger partial charge in [0.25, 0.3) is 5.60 Å². The summed E-state index contributed by atoms with van der Waals surface area (Å²) in [4.78, 5) is 0. The van der Waals surface area contributed by atoms with Gasteiger partial charge in [-0.2, -0.15) is 26.3 Å². The molecule has 2 nitrogen and oxygen atoms in total. The number of alkyl halides is 6. The minimum absolute atomic E-state index is 0.0733. The molecule has 1 aliphatic rings. The monoisotopic (exact) mass is 369 g/mol. The van der Waals surface area contributed by atoms with E-state index in [0.29, 0.717) is 0 Å². The SMILES string of the molecule is Nc1ccc(C(OCCC2CCCCC2)(C(F)(F)F)C(F)(F)F)cc1. The lowest BCUT2D eigenvalue weighted by Crippen LogP contribution is -2.56. The molecular weight excluding hydrogens is 348 g/mol. The van der Waals surface area contributed by atoms with Crippen LogP contribution in [0.1, 0.15) is 44.1 Å². The molecule has 0 spiro atoms. The summed E-state index contributed by atoms with van der Waals surface area (Å²) in [7, 11) is 0. The van der Waals surface area contributed by atoms with Crippen molar-refractivity contribution >= 4 is 5.69 Å². The second kappa shape index (κ2) is 7.43. The summed E-state index contributed by atoms with van der Waals surface area (Å²) in [6.07, 6.45) is -6.52. The predicted octanol–water partition coefficient (Wildman–Crippen LogP) is 5.58. The minimum Gasteiger partial charge on any atom is -0.399 e. The fourth-order valence-corrected chi connectivity index (χ4v) is 3.31. The minimum atomic E-state index is -5.64. The number of nitrogens with two attached hydrogens (primary N) is 1. The molecule has 0 unspecified atom stereocenters. The van der Waals surface area contributed by atoms with E-state index in [0.717, 1.165) is 56.4 Å². The van der Waals surface area contributed by atoms with Crippen LogP contribution in [0.15, 0.2) is 24.3 Å². The first-order valence-corrected chi connectivity index (χ1v) is 8.21. The molecule has 1 aliphatic carbocycles. The molecule has 0 heterocycles. The van der Waals surface area contributed by atoms with E-state index in [1.807, 2.05) is 0 Å². The van der Waals surface area contributed by atoms with Crippen LogP contribution in [0.25, 0.3) is 0 Å². The van der Waals surface area contributed by atoms with Gasteiger partial charge in [0.15, 0.2) is 0 Å². The first-order chi connectivity index (χ1) is 11.6. The third-order valence-corrected chi connectivity index (χ3v) is 4.69. The summed E-state index contributed by atoms with van der Waals surface area (Å²) >= 11 is 0. The first kappa shape index (κ1) is 19.9. The average Bonchev–Trinajstić information content (AvgIpc) is 2.51. The highest BCUT2D eigenvalue weighted by Gasteiger charge is 2.73. The third-order valence-electron chi connectivity index (χ3n) is 4.69. The lowest BCUT2D eigenvalue weighted by atomic mass is 9.87. The van der Waals surface area contributed by atoms with Crippen molar-refractivity contribution in [2.45, 2.75) is 56.5 Å². The lowest BCUT2D eigenvalue weighted by molar-refractivity contribution is -0.390. The van der Waals surface area contributed by atoms with Crippen LogP contribution in [-0.2, 0) is 10.3 Å². The van der Waals surface area contributed by atoms with E-state index in [2.05, 4.69) is 4.74 Å². The molecule has 1 aromatic rings. The highest BCUT2D eigenvalue weighted by Crippen LogP contribution is 2.53.